The van der Waals surface area contributed by atoms with Gasteiger partial charge in [-0.1, -0.05) is 19.4 Å². The number of aromatic nitrogens is 1. The van der Waals surface area contributed by atoms with Crippen molar-refractivity contribution in [2.24, 2.45) is 0 Å². The molecule has 0 fully saturated rings. The largest absolute Gasteiger partial charge is 0.464 e. The molecule has 0 aliphatic rings. The number of hydrogen-bond acceptors (Lipinski definition) is 4. The zero-order valence-corrected chi connectivity index (χ0v) is 11.2. The van der Waals surface area contributed by atoms with Gasteiger partial charge in [-0.2, -0.15) is 0 Å². The number of carbonyl (C=O) groups is 1. The number of rotatable bonds is 6. The second-order valence-corrected chi connectivity index (χ2v) is 4.48. The third-order valence-electron chi connectivity index (χ3n) is 3.05. The van der Waals surface area contributed by atoms with E-state index in [4.69, 9.17) is 4.74 Å². The van der Waals surface area contributed by atoms with E-state index >= 15 is 0 Å². The van der Waals surface area contributed by atoms with Crippen molar-refractivity contribution >= 4 is 22.6 Å². The van der Waals surface area contributed by atoms with Crippen molar-refractivity contribution in [1.82, 2.24) is 4.57 Å². The standard InChI is InChI=1S/C14H16N2O4/c1-2-3-9-20-14(17)10-15-8-7-11-12(15)5-4-6-13(11)16(18)19/h4-8H,2-3,9-10H2,1H3. The van der Waals surface area contributed by atoms with Crippen LogP contribution in [0.2, 0.25) is 0 Å². The maximum atomic E-state index is 11.7. The molecule has 0 saturated heterocycles. The Morgan fingerprint density at radius 2 is 2.20 bits per heavy atom. The van der Waals surface area contributed by atoms with Crippen molar-refractivity contribution in [3.8, 4) is 0 Å². The SMILES string of the molecule is CCCCOC(=O)Cn1ccc2c([N+](=O)[O-])cccc21. The lowest BCUT2D eigenvalue weighted by Crippen LogP contribution is -2.13. The predicted octanol–water partition coefficient (Wildman–Crippen LogP) is 2.89. The smallest absolute Gasteiger partial charge is 0.325 e. The summed E-state index contributed by atoms with van der Waals surface area (Å²) in [5, 5.41) is 11.5. The Kier molecular flexibility index (Phi) is 4.34. The number of esters is 1. The summed E-state index contributed by atoms with van der Waals surface area (Å²) in [6.45, 7) is 2.50. The van der Waals surface area contributed by atoms with Gasteiger partial charge in [-0.25, -0.2) is 0 Å². The third kappa shape index (κ3) is 2.96. The van der Waals surface area contributed by atoms with E-state index < -0.39 is 4.92 Å². The van der Waals surface area contributed by atoms with Crippen LogP contribution in [0.15, 0.2) is 30.5 Å². The number of fused-ring (bicyclic) bond motifs is 1. The van der Waals surface area contributed by atoms with Gasteiger partial charge in [0, 0.05) is 12.3 Å². The van der Waals surface area contributed by atoms with Crippen LogP contribution in [0.1, 0.15) is 19.8 Å². The molecule has 6 heteroatoms. The molecule has 1 aromatic carbocycles. The fraction of sp³-hybridized carbons (Fsp3) is 0.357. The van der Waals surface area contributed by atoms with E-state index in [1.807, 2.05) is 6.92 Å². The van der Waals surface area contributed by atoms with Crippen LogP contribution in [0.25, 0.3) is 10.9 Å². The molecule has 2 aromatic rings. The minimum Gasteiger partial charge on any atom is -0.464 e. The molecule has 0 spiro atoms. The number of unbranched alkanes of at least 4 members (excludes halogenated alkanes) is 1. The molecule has 106 valence electrons. The Hall–Kier alpha value is -2.37. The molecule has 0 aliphatic heterocycles. The first-order chi connectivity index (χ1) is 9.63. The van der Waals surface area contributed by atoms with E-state index in [0.717, 1.165) is 12.8 Å². The van der Waals surface area contributed by atoms with Crippen molar-refractivity contribution < 1.29 is 14.5 Å². The van der Waals surface area contributed by atoms with E-state index in [-0.39, 0.29) is 18.2 Å². The highest BCUT2D eigenvalue weighted by atomic mass is 16.6. The van der Waals surface area contributed by atoms with Crippen LogP contribution in [0, 0.1) is 10.1 Å². The lowest BCUT2D eigenvalue weighted by molar-refractivity contribution is -0.383. The van der Waals surface area contributed by atoms with E-state index in [2.05, 4.69) is 0 Å². The monoisotopic (exact) mass is 276 g/mol. The average molecular weight is 276 g/mol. The van der Waals surface area contributed by atoms with Crippen molar-refractivity contribution in [2.45, 2.75) is 26.3 Å². The summed E-state index contributed by atoms with van der Waals surface area (Å²) in [6.07, 6.45) is 3.47. The molecule has 6 nitrogen and oxygen atoms in total. The molecule has 1 heterocycles. The highest BCUT2D eigenvalue weighted by molar-refractivity contribution is 5.89. The second-order valence-electron chi connectivity index (χ2n) is 4.48. The van der Waals surface area contributed by atoms with E-state index in [0.29, 0.717) is 17.5 Å². The van der Waals surface area contributed by atoms with Gasteiger partial charge in [0.25, 0.3) is 5.69 Å². The fourth-order valence-corrected chi connectivity index (χ4v) is 2.02. The minimum atomic E-state index is -0.424. The summed E-state index contributed by atoms with van der Waals surface area (Å²) in [4.78, 5) is 22.2. The normalized spacial score (nSPS) is 10.7. The Labute approximate surface area is 116 Å². The number of non-ortho nitro benzene ring substituents is 1. The summed E-state index contributed by atoms with van der Waals surface area (Å²) in [7, 11) is 0. The molecule has 1 aromatic heterocycles. The van der Waals surface area contributed by atoms with Gasteiger partial charge in [0.1, 0.15) is 6.54 Å². The first-order valence-corrected chi connectivity index (χ1v) is 6.51. The third-order valence-corrected chi connectivity index (χ3v) is 3.05. The van der Waals surface area contributed by atoms with Crippen LogP contribution < -0.4 is 0 Å². The molecule has 0 saturated carbocycles. The topological polar surface area (TPSA) is 74.4 Å². The van der Waals surface area contributed by atoms with Crippen LogP contribution >= 0.6 is 0 Å². The van der Waals surface area contributed by atoms with Gasteiger partial charge >= 0.3 is 5.97 Å². The van der Waals surface area contributed by atoms with Gasteiger partial charge in [0.05, 0.1) is 22.4 Å². The van der Waals surface area contributed by atoms with Gasteiger partial charge in [-0.15, -0.1) is 0 Å². The van der Waals surface area contributed by atoms with E-state index in [1.165, 1.54) is 6.07 Å². The molecule has 0 unspecified atom stereocenters. The van der Waals surface area contributed by atoms with Crippen LogP contribution in [0.4, 0.5) is 5.69 Å². The van der Waals surface area contributed by atoms with Crippen LogP contribution in [0.5, 0.6) is 0 Å². The second kappa shape index (κ2) is 6.18. The molecule has 20 heavy (non-hydrogen) atoms. The maximum absolute atomic E-state index is 11.7. The summed E-state index contributed by atoms with van der Waals surface area (Å²) < 4.78 is 6.75. The van der Waals surface area contributed by atoms with Crippen molar-refractivity contribution in [2.75, 3.05) is 6.61 Å². The number of nitro benzene ring substituents is 1. The molecule has 0 bridgehead atoms. The maximum Gasteiger partial charge on any atom is 0.325 e. The van der Waals surface area contributed by atoms with Crippen LogP contribution in [-0.2, 0) is 16.1 Å². The van der Waals surface area contributed by atoms with Crippen LogP contribution in [-0.4, -0.2) is 22.1 Å². The number of ether oxygens (including phenoxy) is 1. The van der Waals surface area contributed by atoms with Crippen molar-refractivity contribution in [3.05, 3.63) is 40.6 Å². The lowest BCUT2D eigenvalue weighted by Gasteiger charge is -2.06. The van der Waals surface area contributed by atoms with Crippen molar-refractivity contribution in [3.63, 3.8) is 0 Å². The zero-order chi connectivity index (χ0) is 14.5. The molecule has 0 aliphatic carbocycles. The Morgan fingerprint density at radius 3 is 2.90 bits per heavy atom. The quantitative estimate of drug-likeness (QED) is 0.352. The summed E-state index contributed by atoms with van der Waals surface area (Å²) in [5.41, 5.74) is 0.701. The molecule has 0 radical (unpaired) electrons. The van der Waals surface area contributed by atoms with E-state index in [9.17, 15) is 14.9 Å². The van der Waals surface area contributed by atoms with Crippen LogP contribution in [0.3, 0.4) is 0 Å². The summed E-state index contributed by atoms with van der Waals surface area (Å²) >= 11 is 0. The highest BCUT2D eigenvalue weighted by Crippen LogP contribution is 2.26. The number of nitrogens with zero attached hydrogens (tertiary/aromatic N) is 2. The molecule has 0 atom stereocenters. The number of carbonyl (C=O) groups excluding carboxylic acids is 1. The summed E-state index contributed by atoms with van der Waals surface area (Å²) in [5.74, 6) is -0.331. The van der Waals surface area contributed by atoms with Crippen molar-refractivity contribution in [1.29, 1.82) is 0 Å². The first-order valence-electron chi connectivity index (χ1n) is 6.51. The predicted molar refractivity (Wildman–Crippen MR) is 74.5 cm³/mol. The minimum absolute atomic E-state index is 0.0422. The lowest BCUT2D eigenvalue weighted by atomic mass is 10.2. The number of hydrogen-bond donors (Lipinski definition) is 0. The Balaban J connectivity index is 2.17. The van der Waals surface area contributed by atoms with Gasteiger partial charge in [-0.3, -0.25) is 14.9 Å². The summed E-state index contributed by atoms with van der Waals surface area (Å²) in [6, 6.07) is 6.46. The molecule has 2 rings (SSSR count). The average Bonchev–Trinajstić information content (AvgIpc) is 2.82. The Bertz CT molecular complexity index is 633. The van der Waals surface area contributed by atoms with Gasteiger partial charge < -0.3 is 9.30 Å². The molecule has 0 N–H and O–H groups in total. The first kappa shape index (κ1) is 14.0. The number of nitro groups is 1. The molecule has 0 amide bonds. The molecular formula is C14H16N2O4. The fourth-order valence-electron chi connectivity index (χ4n) is 2.02. The van der Waals surface area contributed by atoms with Gasteiger partial charge in [0.15, 0.2) is 0 Å². The van der Waals surface area contributed by atoms with Gasteiger partial charge in [0.2, 0.25) is 0 Å². The van der Waals surface area contributed by atoms with Gasteiger partial charge in [-0.05, 0) is 18.6 Å². The zero-order valence-electron chi connectivity index (χ0n) is 11.2. The van der Waals surface area contributed by atoms with E-state index in [1.54, 1.807) is 29.0 Å². The molecular weight excluding hydrogens is 260 g/mol. The Morgan fingerprint density at radius 1 is 1.40 bits per heavy atom. The highest BCUT2D eigenvalue weighted by Gasteiger charge is 2.15. The number of benzene rings is 1.